The number of likely N-dealkylation sites (tertiary alicyclic amines) is 1. The molecule has 1 aromatic rings. The molecule has 1 aromatic carbocycles. The van der Waals surface area contributed by atoms with Gasteiger partial charge in [0.2, 0.25) is 0 Å². The number of aryl methyl sites for hydroxylation is 1. The van der Waals surface area contributed by atoms with Gasteiger partial charge in [-0.3, -0.25) is 9.69 Å². The van der Waals surface area contributed by atoms with Crippen LogP contribution in [0.15, 0.2) is 24.3 Å². The minimum atomic E-state index is -0.842. The lowest BCUT2D eigenvalue weighted by Gasteiger charge is -2.26. The fourth-order valence-electron chi connectivity index (χ4n) is 2.46. The Labute approximate surface area is 118 Å². The van der Waals surface area contributed by atoms with Crippen LogP contribution >= 0.6 is 0 Å². The van der Waals surface area contributed by atoms with Crippen LogP contribution in [0, 0.1) is 12.3 Å². The van der Waals surface area contributed by atoms with Crippen molar-refractivity contribution in [3.8, 4) is 0 Å². The highest BCUT2D eigenvalue weighted by Crippen LogP contribution is 2.31. The van der Waals surface area contributed by atoms with Crippen molar-refractivity contribution in [3.05, 3.63) is 29.8 Å². The Morgan fingerprint density at radius 2 is 2.10 bits per heavy atom. The van der Waals surface area contributed by atoms with Crippen molar-refractivity contribution in [3.63, 3.8) is 0 Å². The largest absolute Gasteiger partial charge is 0.481 e. The second kappa shape index (κ2) is 5.15. The first-order chi connectivity index (χ1) is 9.33. The maximum absolute atomic E-state index is 12.4. The molecule has 1 unspecified atom stereocenters. The monoisotopic (exact) mass is 276 g/mol. The van der Waals surface area contributed by atoms with Gasteiger partial charge in [0.15, 0.2) is 0 Å². The molecule has 1 atom stereocenters. The second-order valence-electron chi connectivity index (χ2n) is 5.72. The van der Waals surface area contributed by atoms with Crippen LogP contribution < -0.4 is 4.90 Å². The van der Waals surface area contributed by atoms with Gasteiger partial charge in [-0.1, -0.05) is 12.1 Å². The SMILES string of the molecule is Cc1cccc(N(C)C(=O)N2CCC(C)(C(=O)O)C2)c1. The Hall–Kier alpha value is -2.04. The Kier molecular flexibility index (Phi) is 3.70. The van der Waals surface area contributed by atoms with E-state index in [9.17, 15) is 14.7 Å². The molecule has 1 heterocycles. The third-order valence-corrected chi connectivity index (χ3v) is 3.94. The first-order valence-corrected chi connectivity index (χ1v) is 6.66. The van der Waals surface area contributed by atoms with Crippen LogP contribution in [0.1, 0.15) is 18.9 Å². The van der Waals surface area contributed by atoms with Crippen molar-refractivity contribution in [1.29, 1.82) is 0 Å². The molecule has 1 aliphatic rings. The highest BCUT2D eigenvalue weighted by molar-refractivity contribution is 5.92. The highest BCUT2D eigenvalue weighted by atomic mass is 16.4. The zero-order valence-electron chi connectivity index (χ0n) is 12.1. The van der Waals surface area contributed by atoms with Crippen LogP contribution in [0.3, 0.4) is 0 Å². The van der Waals surface area contributed by atoms with Crippen LogP contribution in [0.2, 0.25) is 0 Å². The number of hydrogen-bond donors (Lipinski definition) is 1. The normalized spacial score (nSPS) is 21.9. The van der Waals surface area contributed by atoms with E-state index in [0.29, 0.717) is 13.0 Å². The topological polar surface area (TPSA) is 60.9 Å². The molecule has 0 saturated carbocycles. The number of carboxylic acids is 1. The number of hydrogen-bond acceptors (Lipinski definition) is 2. The first kappa shape index (κ1) is 14.4. The number of aliphatic carboxylic acids is 1. The van der Waals surface area contributed by atoms with E-state index in [1.165, 1.54) is 0 Å². The summed E-state index contributed by atoms with van der Waals surface area (Å²) in [6.45, 7) is 4.41. The number of benzene rings is 1. The quantitative estimate of drug-likeness (QED) is 0.902. The number of amides is 2. The van der Waals surface area contributed by atoms with Gasteiger partial charge in [0, 0.05) is 25.8 Å². The summed E-state index contributed by atoms with van der Waals surface area (Å²) in [5.74, 6) is -0.842. The van der Waals surface area contributed by atoms with Gasteiger partial charge in [-0.15, -0.1) is 0 Å². The first-order valence-electron chi connectivity index (χ1n) is 6.66. The summed E-state index contributed by atoms with van der Waals surface area (Å²) < 4.78 is 0. The van der Waals surface area contributed by atoms with Gasteiger partial charge < -0.3 is 10.0 Å². The summed E-state index contributed by atoms with van der Waals surface area (Å²) in [7, 11) is 1.72. The van der Waals surface area contributed by atoms with Crippen LogP contribution in [-0.4, -0.2) is 42.1 Å². The Morgan fingerprint density at radius 3 is 2.65 bits per heavy atom. The molecule has 0 radical (unpaired) electrons. The molecule has 5 heteroatoms. The molecule has 2 amide bonds. The fraction of sp³-hybridized carbons (Fsp3) is 0.467. The number of nitrogens with zero attached hydrogens (tertiary/aromatic N) is 2. The fourth-order valence-corrected chi connectivity index (χ4v) is 2.46. The lowest BCUT2D eigenvalue weighted by atomic mass is 9.90. The molecule has 20 heavy (non-hydrogen) atoms. The van der Waals surface area contributed by atoms with E-state index in [1.807, 2.05) is 31.2 Å². The molecule has 108 valence electrons. The van der Waals surface area contributed by atoms with E-state index < -0.39 is 11.4 Å². The van der Waals surface area contributed by atoms with Crippen molar-refractivity contribution in [2.45, 2.75) is 20.3 Å². The average Bonchev–Trinajstić information content (AvgIpc) is 2.81. The van der Waals surface area contributed by atoms with Gasteiger partial charge in [-0.2, -0.15) is 0 Å². The van der Waals surface area contributed by atoms with E-state index in [2.05, 4.69) is 0 Å². The Bertz CT molecular complexity index is 544. The summed E-state index contributed by atoms with van der Waals surface area (Å²) in [5, 5.41) is 9.21. The zero-order valence-corrected chi connectivity index (χ0v) is 12.1. The molecule has 0 aliphatic carbocycles. The third-order valence-electron chi connectivity index (χ3n) is 3.94. The summed E-state index contributed by atoms with van der Waals surface area (Å²) in [6, 6.07) is 7.53. The van der Waals surface area contributed by atoms with E-state index >= 15 is 0 Å². The highest BCUT2D eigenvalue weighted by Gasteiger charge is 2.42. The predicted molar refractivity (Wildman–Crippen MR) is 76.9 cm³/mol. The number of urea groups is 1. The number of rotatable bonds is 2. The van der Waals surface area contributed by atoms with E-state index in [-0.39, 0.29) is 12.6 Å². The molecule has 1 N–H and O–H groups in total. The van der Waals surface area contributed by atoms with E-state index in [0.717, 1.165) is 11.3 Å². The maximum Gasteiger partial charge on any atom is 0.324 e. The van der Waals surface area contributed by atoms with Crippen molar-refractivity contribution in [1.82, 2.24) is 4.90 Å². The minimum Gasteiger partial charge on any atom is -0.481 e. The number of carbonyl (C=O) groups is 2. The molecular formula is C15H20N2O3. The lowest BCUT2D eigenvalue weighted by molar-refractivity contribution is -0.146. The Morgan fingerprint density at radius 1 is 1.40 bits per heavy atom. The predicted octanol–water partition coefficient (Wildman–Crippen LogP) is 2.35. The summed E-state index contributed by atoms with van der Waals surface area (Å²) >= 11 is 0. The zero-order chi connectivity index (χ0) is 14.9. The molecular weight excluding hydrogens is 256 g/mol. The van der Waals surface area contributed by atoms with Crippen molar-refractivity contribution in [2.75, 3.05) is 25.0 Å². The second-order valence-corrected chi connectivity index (χ2v) is 5.72. The molecule has 0 aromatic heterocycles. The van der Waals surface area contributed by atoms with Gasteiger partial charge in [0.1, 0.15) is 0 Å². The van der Waals surface area contributed by atoms with Crippen molar-refractivity contribution in [2.24, 2.45) is 5.41 Å². The van der Waals surface area contributed by atoms with Gasteiger partial charge in [-0.25, -0.2) is 4.79 Å². The van der Waals surface area contributed by atoms with E-state index in [1.54, 1.807) is 23.8 Å². The molecule has 0 bridgehead atoms. The molecule has 1 saturated heterocycles. The Balaban J connectivity index is 2.11. The van der Waals surface area contributed by atoms with Gasteiger partial charge >= 0.3 is 12.0 Å². The number of anilines is 1. The average molecular weight is 276 g/mol. The number of carboxylic acid groups (broad SMARTS) is 1. The minimum absolute atomic E-state index is 0.152. The van der Waals surface area contributed by atoms with Gasteiger partial charge in [0.25, 0.3) is 0 Å². The van der Waals surface area contributed by atoms with Gasteiger partial charge in [0.05, 0.1) is 5.41 Å². The molecule has 5 nitrogen and oxygen atoms in total. The van der Waals surface area contributed by atoms with Crippen LogP contribution in [-0.2, 0) is 4.79 Å². The summed E-state index contributed by atoms with van der Waals surface area (Å²) in [4.78, 5) is 26.8. The van der Waals surface area contributed by atoms with Crippen LogP contribution in [0.4, 0.5) is 10.5 Å². The van der Waals surface area contributed by atoms with Gasteiger partial charge in [-0.05, 0) is 38.0 Å². The summed E-state index contributed by atoms with van der Waals surface area (Å²) in [5.41, 5.74) is 1.07. The molecule has 2 rings (SSSR count). The third kappa shape index (κ3) is 2.61. The molecule has 1 aliphatic heterocycles. The van der Waals surface area contributed by atoms with Crippen molar-refractivity contribution < 1.29 is 14.7 Å². The van der Waals surface area contributed by atoms with Crippen molar-refractivity contribution >= 4 is 17.7 Å². The van der Waals surface area contributed by atoms with Crippen LogP contribution in [0.25, 0.3) is 0 Å². The number of carbonyl (C=O) groups excluding carboxylic acids is 1. The van der Waals surface area contributed by atoms with Crippen LogP contribution in [0.5, 0.6) is 0 Å². The molecule has 1 fully saturated rings. The molecule has 0 spiro atoms. The smallest absolute Gasteiger partial charge is 0.324 e. The summed E-state index contributed by atoms with van der Waals surface area (Å²) in [6.07, 6.45) is 0.496. The lowest BCUT2D eigenvalue weighted by Crippen LogP contribution is -2.42. The standard InChI is InChI=1S/C15H20N2O3/c1-11-5-4-6-12(9-11)16(3)14(20)17-8-7-15(2,10-17)13(18)19/h4-6,9H,7-8,10H2,1-3H3,(H,18,19). The van der Waals surface area contributed by atoms with E-state index in [4.69, 9.17) is 0 Å². The maximum atomic E-state index is 12.4.